The zero-order valence-corrected chi connectivity index (χ0v) is 13.8. The predicted molar refractivity (Wildman–Crippen MR) is 87.8 cm³/mol. The molecule has 5 heteroatoms. The van der Waals surface area contributed by atoms with E-state index in [1.807, 2.05) is 0 Å². The second-order valence-electron chi connectivity index (χ2n) is 5.58. The van der Waals surface area contributed by atoms with Gasteiger partial charge in [0, 0.05) is 37.6 Å². The number of benzene rings is 1. The molecule has 0 radical (unpaired) electrons. The Morgan fingerprint density at radius 3 is 2.76 bits per heavy atom. The number of β-amino-alcohol motifs (C(OH)–C–C–N with tert-alkyl or cyclic N) is 1. The van der Waals surface area contributed by atoms with Gasteiger partial charge in [-0.1, -0.05) is 18.2 Å². The molecule has 2 rings (SSSR count). The molecule has 1 heterocycles. The molecule has 1 aromatic carbocycles. The van der Waals surface area contributed by atoms with Crippen LogP contribution in [0.5, 0.6) is 0 Å². The van der Waals surface area contributed by atoms with Crippen LogP contribution in [0.2, 0.25) is 0 Å². The van der Waals surface area contributed by atoms with Crippen LogP contribution in [-0.2, 0) is 11.3 Å². The molecule has 1 fully saturated rings. The fourth-order valence-electron chi connectivity index (χ4n) is 2.69. The lowest BCUT2D eigenvalue weighted by atomic mass is 10.2. The number of morpholine rings is 1. The lowest BCUT2D eigenvalue weighted by Gasteiger charge is -2.30. The van der Waals surface area contributed by atoms with Gasteiger partial charge in [0.05, 0.1) is 19.3 Å². The zero-order valence-electron chi connectivity index (χ0n) is 13.0. The molecule has 0 bridgehead atoms. The molecule has 1 unspecified atom stereocenters. The van der Waals surface area contributed by atoms with Gasteiger partial charge in [0.15, 0.2) is 0 Å². The molecule has 0 amide bonds. The summed E-state index contributed by atoms with van der Waals surface area (Å²) >= 11 is 1.77. The fraction of sp³-hybridized carbons (Fsp3) is 0.625. The summed E-state index contributed by atoms with van der Waals surface area (Å²) in [5.41, 5.74) is 1.33. The van der Waals surface area contributed by atoms with Crippen LogP contribution in [0, 0.1) is 0 Å². The van der Waals surface area contributed by atoms with Crippen molar-refractivity contribution in [2.75, 3.05) is 52.7 Å². The van der Waals surface area contributed by atoms with Crippen LogP contribution in [0.1, 0.15) is 5.56 Å². The number of likely N-dealkylation sites (N-methyl/N-ethyl adjacent to an activating group) is 1. The number of thioether (sulfide) groups is 1. The van der Waals surface area contributed by atoms with Crippen molar-refractivity contribution in [2.45, 2.75) is 17.5 Å². The Morgan fingerprint density at radius 2 is 2.05 bits per heavy atom. The summed E-state index contributed by atoms with van der Waals surface area (Å²) in [5.74, 6) is 0. The van der Waals surface area contributed by atoms with Crippen molar-refractivity contribution < 1.29 is 9.84 Å². The monoisotopic (exact) mass is 310 g/mol. The van der Waals surface area contributed by atoms with Gasteiger partial charge in [-0.05, 0) is 24.9 Å². The largest absolute Gasteiger partial charge is 0.390 e. The topological polar surface area (TPSA) is 35.9 Å². The highest BCUT2D eigenvalue weighted by Crippen LogP contribution is 2.20. The third-order valence-corrected chi connectivity index (χ3v) is 4.57. The number of aliphatic hydroxyl groups is 1. The van der Waals surface area contributed by atoms with Crippen molar-refractivity contribution in [3.8, 4) is 0 Å². The van der Waals surface area contributed by atoms with Crippen LogP contribution in [-0.4, -0.2) is 73.7 Å². The maximum Gasteiger partial charge on any atom is 0.0793 e. The average molecular weight is 310 g/mol. The Labute approximate surface area is 132 Å². The summed E-state index contributed by atoms with van der Waals surface area (Å²) in [4.78, 5) is 5.78. The van der Waals surface area contributed by atoms with Gasteiger partial charge in [-0.25, -0.2) is 0 Å². The smallest absolute Gasteiger partial charge is 0.0793 e. The van der Waals surface area contributed by atoms with Crippen LogP contribution in [0.25, 0.3) is 0 Å². The SMILES string of the molecule is CSc1ccccc1CN(C)CC(O)CN1CCOCC1. The molecule has 118 valence electrons. The van der Waals surface area contributed by atoms with E-state index in [1.54, 1.807) is 11.8 Å². The van der Waals surface area contributed by atoms with E-state index in [9.17, 15) is 5.11 Å². The summed E-state index contributed by atoms with van der Waals surface area (Å²) < 4.78 is 5.33. The highest BCUT2D eigenvalue weighted by atomic mass is 32.2. The van der Waals surface area contributed by atoms with E-state index in [1.165, 1.54) is 10.5 Å². The summed E-state index contributed by atoms with van der Waals surface area (Å²) in [6.45, 7) is 5.72. The highest BCUT2D eigenvalue weighted by molar-refractivity contribution is 7.98. The van der Waals surface area contributed by atoms with Crippen LogP contribution in [0.3, 0.4) is 0 Å². The third kappa shape index (κ3) is 5.60. The highest BCUT2D eigenvalue weighted by Gasteiger charge is 2.16. The van der Waals surface area contributed by atoms with Crippen LogP contribution in [0.4, 0.5) is 0 Å². The van der Waals surface area contributed by atoms with E-state index in [2.05, 4.69) is 47.4 Å². The van der Waals surface area contributed by atoms with Gasteiger partial charge in [0.2, 0.25) is 0 Å². The number of hydrogen-bond acceptors (Lipinski definition) is 5. The molecule has 1 aliphatic heterocycles. The molecule has 0 spiro atoms. The van der Waals surface area contributed by atoms with Gasteiger partial charge in [-0.3, -0.25) is 9.80 Å². The van der Waals surface area contributed by atoms with Crippen LogP contribution >= 0.6 is 11.8 Å². The van der Waals surface area contributed by atoms with E-state index in [4.69, 9.17) is 4.74 Å². The van der Waals surface area contributed by atoms with E-state index in [-0.39, 0.29) is 6.10 Å². The van der Waals surface area contributed by atoms with Gasteiger partial charge in [0.1, 0.15) is 0 Å². The Hall–Kier alpha value is -0.590. The summed E-state index contributed by atoms with van der Waals surface area (Å²) in [6, 6.07) is 8.46. The standard InChI is InChI=1S/C16H26N2O2S/c1-17(11-14-5-3-4-6-16(14)21-2)12-15(19)13-18-7-9-20-10-8-18/h3-6,15,19H,7-13H2,1-2H3. The Kier molecular flexibility index (Phi) is 6.99. The molecule has 21 heavy (non-hydrogen) atoms. The van der Waals surface area contributed by atoms with Crippen LogP contribution in [0.15, 0.2) is 29.2 Å². The zero-order chi connectivity index (χ0) is 15.1. The van der Waals surface area contributed by atoms with Crippen molar-refractivity contribution in [1.82, 2.24) is 9.80 Å². The van der Waals surface area contributed by atoms with Gasteiger partial charge in [-0.15, -0.1) is 11.8 Å². The molecule has 1 atom stereocenters. The normalized spacial score (nSPS) is 18.1. The molecule has 0 saturated carbocycles. The maximum absolute atomic E-state index is 10.2. The third-order valence-electron chi connectivity index (χ3n) is 3.73. The van der Waals surface area contributed by atoms with Crippen molar-refractivity contribution in [3.63, 3.8) is 0 Å². The molecule has 4 nitrogen and oxygen atoms in total. The van der Waals surface area contributed by atoms with Crippen molar-refractivity contribution in [3.05, 3.63) is 29.8 Å². The van der Waals surface area contributed by atoms with Crippen molar-refractivity contribution in [2.24, 2.45) is 0 Å². The number of aliphatic hydroxyl groups excluding tert-OH is 1. The molecule has 1 aliphatic rings. The first-order chi connectivity index (χ1) is 10.2. The minimum absolute atomic E-state index is 0.311. The maximum atomic E-state index is 10.2. The Balaban J connectivity index is 1.79. The molecular weight excluding hydrogens is 284 g/mol. The number of nitrogens with zero attached hydrogens (tertiary/aromatic N) is 2. The molecule has 0 aliphatic carbocycles. The van der Waals surface area contributed by atoms with E-state index in [0.29, 0.717) is 6.54 Å². The number of hydrogen-bond donors (Lipinski definition) is 1. The second kappa shape index (κ2) is 8.76. The average Bonchev–Trinajstić information content (AvgIpc) is 2.48. The quantitative estimate of drug-likeness (QED) is 0.773. The Morgan fingerprint density at radius 1 is 1.33 bits per heavy atom. The van der Waals surface area contributed by atoms with Gasteiger partial charge in [0.25, 0.3) is 0 Å². The predicted octanol–water partition coefficient (Wildman–Crippen LogP) is 1.53. The fourth-order valence-corrected chi connectivity index (χ4v) is 3.30. The van der Waals surface area contributed by atoms with Crippen LogP contribution < -0.4 is 0 Å². The minimum Gasteiger partial charge on any atom is -0.390 e. The first-order valence-corrected chi connectivity index (χ1v) is 8.70. The first kappa shape index (κ1) is 16.8. The lowest BCUT2D eigenvalue weighted by molar-refractivity contribution is 0.00821. The van der Waals surface area contributed by atoms with E-state index < -0.39 is 0 Å². The second-order valence-corrected chi connectivity index (χ2v) is 6.42. The van der Waals surface area contributed by atoms with Crippen molar-refractivity contribution >= 4 is 11.8 Å². The Bertz CT molecular complexity index is 424. The summed E-state index contributed by atoms with van der Waals surface area (Å²) in [6.07, 6.45) is 1.79. The van der Waals surface area contributed by atoms with Crippen molar-refractivity contribution in [1.29, 1.82) is 0 Å². The van der Waals surface area contributed by atoms with Gasteiger partial charge in [-0.2, -0.15) is 0 Å². The van der Waals surface area contributed by atoms with Gasteiger partial charge >= 0.3 is 0 Å². The first-order valence-electron chi connectivity index (χ1n) is 7.47. The molecular formula is C16H26N2O2S. The molecule has 0 aromatic heterocycles. The van der Waals surface area contributed by atoms with Gasteiger partial charge < -0.3 is 9.84 Å². The van der Waals surface area contributed by atoms with E-state index in [0.717, 1.165) is 39.4 Å². The molecule has 1 saturated heterocycles. The summed E-state index contributed by atoms with van der Waals surface area (Å²) in [5, 5.41) is 10.2. The van der Waals surface area contributed by atoms with E-state index >= 15 is 0 Å². The summed E-state index contributed by atoms with van der Waals surface area (Å²) in [7, 11) is 2.07. The number of rotatable bonds is 7. The molecule has 1 aromatic rings. The lowest BCUT2D eigenvalue weighted by Crippen LogP contribution is -2.44. The molecule has 1 N–H and O–H groups in total. The minimum atomic E-state index is -0.311. The number of ether oxygens (including phenoxy) is 1.